The van der Waals surface area contributed by atoms with Crippen LogP contribution in [0.3, 0.4) is 0 Å². The summed E-state index contributed by atoms with van der Waals surface area (Å²) in [7, 11) is 0. The number of nitrogens with zero attached hydrogens (tertiary/aromatic N) is 1. The molecule has 3 heteroatoms. The predicted molar refractivity (Wildman–Crippen MR) is 119 cm³/mol. The van der Waals surface area contributed by atoms with Gasteiger partial charge in [-0.3, -0.25) is 0 Å². The predicted octanol–water partition coefficient (Wildman–Crippen LogP) is 8.20. The van der Waals surface area contributed by atoms with E-state index in [4.69, 9.17) is 0 Å². The molecule has 25 heavy (non-hydrogen) atoms. The van der Waals surface area contributed by atoms with Crippen molar-refractivity contribution in [2.45, 2.75) is 79.1 Å². The normalized spacial score (nSPS) is 14.1. The molecule has 0 saturated carbocycles. The highest BCUT2D eigenvalue weighted by Crippen LogP contribution is 2.37. The van der Waals surface area contributed by atoms with Crippen molar-refractivity contribution in [1.29, 1.82) is 0 Å². The third kappa shape index (κ3) is 6.29. The number of unbranched alkanes of at least 4 members (excludes halogenated alkanes) is 2. The number of hydrogen-bond donors (Lipinski definition) is 0. The zero-order valence-electron chi connectivity index (χ0n) is 16.7. The third-order valence-electron chi connectivity index (χ3n) is 5.48. The molecular weight excluding hydrogens is 342 g/mol. The molecule has 0 aliphatic carbocycles. The van der Waals surface area contributed by atoms with E-state index in [0.717, 1.165) is 11.8 Å². The molecule has 2 aromatic heterocycles. The van der Waals surface area contributed by atoms with Gasteiger partial charge in [-0.1, -0.05) is 66.2 Å². The van der Waals surface area contributed by atoms with Gasteiger partial charge in [-0.25, -0.2) is 0 Å². The van der Waals surface area contributed by atoms with Crippen molar-refractivity contribution in [3.63, 3.8) is 0 Å². The molecule has 0 fully saturated rings. The van der Waals surface area contributed by atoms with Gasteiger partial charge in [0.05, 0.1) is 5.00 Å². The van der Waals surface area contributed by atoms with Crippen molar-refractivity contribution in [2.75, 3.05) is 18.0 Å². The van der Waals surface area contributed by atoms with Crippen molar-refractivity contribution in [3.8, 4) is 0 Å². The maximum absolute atomic E-state index is 2.74. The van der Waals surface area contributed by atoms with E-state index >= 15 is 0 Å². The number of fused-ring (bicyclic) bond motifs is 1. The van der Waals surface area contributed by atoms with Gasteiger partial charge < -0.3 is 4.90 Å². The van der Waals surface area contributed by atoms with Crippen LogP contribution in [0.4, 0.5) is 5.00 Å². The van der Waals surface area contributed by atoms with Gasteiger partial charge in [-0.05, 0) is 42.2 Å². The summed E-state index contributed by atoms with van der Waals surface area (Å²) in [4.78, 5) is 2.74. The van der Waals surface area contributed by atoms with Gasteiger partial charge in [0.25, 0.3) is 0 Å². The Bertz CT molecular complexity index is 539. The van der Waals surface area contributed by atoms with E-state index in [9.17, 15) is 0 Å². The lowest BCUT2D eigenvalue weighted by Crippen LogP contribution is -2.33. The standard InChI is InChI=1S/C22H37NS2/c1-5-9-11-18(7-3)16-23(17-19(8-4)12-10-6-2)22-15-21-20(25-22)13-14-24-21/h13-15,18-19H,5-12,16-17H2,1-4H3. The van der Waals surface area contributed by atoms with Crippen molar-refractivity contribution in [3.05, 3.63) is 17.5 Å². The van der Waals surface area contributed by atoms with E-state index in [2.05, 4.69) is 50.1 Å². The summed E-state index contributed by atoms with van der Waals surface area (Å²) in [6, 6.07) is 4.73. The lowest BCUT2D eigenvalue weighted by Gasteiger charge is -2.31. The Labute approximate surface area is 163 Å². The first-order valence-corrected chi connectivity index (χ1v) is 12.1. The summed E-state index contributed by atoms with van der Waals surface area (Å²) >= 11 is 3.89. The molecule has 0 radical (unpaired) electrons. The van der Waals surface area contributed by atoms with Crippen LogP contribution in [0.25, 0.3) is 9.40 Å². The van der Waals surface area contributed by atoms with Crippen molar-refractivity contribution >= 4 is 37.1 Å². The summed E-state index contributed by atoms with van der Waals surface area (Å²) in [5.41, 5.74) is 0. The molecule has 2 aromatic rings. The average Bonchev–Trinajstić information content (AvgIpc) is 3.22. The Balaban J connectivity index is 2.12. The first kappa shape index (κ1) is 20.8. The number of rotatable bonds is 13. The molecule has 0 N–H and O–H groups in total. The molecule has 0 amide bonds. The number of anilines is 1. The molecular formula is C22H37NS2. The molecule has 0 bridgehead atoms. The lowest BCUT2D eigenvalue weighted by molar-refractivity contribution is 0.404. The topological polar surface area (TPSA) is 3.24 Å². The quantitative estimate of drug-likeness (QED) is 0.339. The minimum absolute atomic E-state index is 0.837. The fraction of sp³-hybridized carbons (Fsp3) is 0.727. The zero-order valence-corrected chi connectivity index (χ0v) is 18.4. The largest absolute Gasteiger partial charge is 0.363 e. The molecule has 0 aromatic carbocycles. The first-order chi connectivity index (χ1) is 12.2. The Morgan fingerprint density at radius 2 is 1.48 bits per heavy atom. The molecule has 1 nitrogen and oxygen atoms in total. The summed E-state index contributed by atoms with van der Waals surface area (Å²) in [5.74, 6) is 1.67. The van der Waals surface area contributed by atoms with Crippen LogP contribution in [0.5, 0.6) is 0 Å². The fourth-order valence-corrected chi connectivity index (χ4v) is 5.74. The second-order valence-electron chi connectivity index (χ2n) is 7.47. The molecule has 0 saturated heterocycles. The van der Waals surface area contributed by atoms with Gasteiger partial charge >= 0.3 is 0 Å². The number of thiophene rings is 2. The maximum Gasteiger partial charge on any atom is 0.0929 e. The highest BCUT2D eigenvalue weighted by Gasteiger charge is 2.19. The second kappa shape index (κ2) is 11.2. The van der Waals surface area contributed by atoms with Crippen molar-refractivity contribution in [2.24, 2.45) is 11.8 Å². The lowest BCUT2D eigenvalue weighted by atomic mass is 9.96. The third-order valence-corrected chi connectivity index (χ3v) is 7.64. The zero-order chi connectivity index (χ0) is 18.1. The van der Waals surface area contributed by atoms with Crippen LogP contribution in [0.15, 0.2) is 17.5 Å². The van der Waals surface area contributed by atoms with Gasteiger partial charge in [0.2, 0.25) is 0 Å². The van der Waals surface area contributed by atoms with Gasteiger partial charge in [-0.2, -0.15) is 0 Å². The van der Waals surface area contributed by atoms with Crippen LogP contribution in [0, 0.1) is 11.8 Å². The number of hydrogen-bond acceptors (Lipinski definition) is 3. The Kier molecular flexibility index (Phi) is 9.33. The molecule has 0 aliphatic rings. The van der Waals surface area contributed by atoms with Gasteiger partial charge in [0, 0.05) is 22.5 Å². The van der Waals surface area contributed by atoms with E-state index in [0.29, 0.717) is 0 Å². The minimum atomic E-state index is 0.837. The molecule has 2 heterocycles. The van der Waals surface area contributed by atoms with Crippen molar-refractivity contribution in [1.82, 2.24) is 0 Å². The Morgan fingerprint density at radius 1 is 0.880 bits per heavy atom. The summed E-state index contributed by atoms with van der Waals surface area (Å²) in [6.45, 7) is 11.9. The van der Waals surface area contributed by atoms with E-state index < -0.39 is 0 Å². The van der Waals surface area contributed by atoms with Crippen LogP contribution < -0.4 is 4.90 Å². The highest BCUT2D eigenvalue weighted by molar-refractivity contribution is 7.29. The summed E-state index contributed by atoms with van der Waals surface area (Å²) in [5, 5.41) is 3.73. The Hall–Kier alpha value is -0.540. The van der Waals surface area contributed by atoms with Crippen LogP contribution in [-0.2, 0) is 0 Å². The van der Waals surface area contributed by atoms with Crippen molar-refractivity contribution < 1.29 is 0 Å². The van der Waals surface area contributed by atoms with E-state index in [1.54, 1.807) is 0 Å². The van der Waals surface area contributed by atoms with Gasteiger partial charge in [-0.15, -0.1) is 22.7 Å². The molecule has 0 aliphatic heterocycles. The molecule has 142 valence electrons. The fourth-order valence-electron chi connectivity index (χ4n) is 3.62. The molecule has 2 rings (SSSR count). The SMILES string of the molecule is CCCCC(CC)CN(CC(CC)CCCC)c1cc2sccc2s1. The van der Waals surface area contributed by atoms with Gasteiger partial charge in [0.1, 0.15) is 0 Å². The van der Waals surface area contributed by atoms with Crippen LogP contribution in [-0.4, -0.2) is 13.1 Å². The van der Waals surface area contributed by atoms with E-state index in [-0.39, 0.29) is 0 Å². The van der Waals surface area contributed by atoms with Gasteiger partial charge in [0.15, 0.2) is 0 Å². The average molecular weight is 380 g/mol. The summed E-state index contributed by atoms with van der Waals surface area (Å²) in [6.07, 6.45) is 10.8. The van der Waals surface area contributed by atoms with Crippen LogP contribution >= 0.6 is 22.7 Å². The van der Waals surface area contributed by atoms with E-state index in [1.807, 2.05) is 22.7 Å². The monoisotopic (exact) mass is 379 g/mol. The second-order valence-corrected chi connectivity index (χ2v) is 9.48. The molecule has 2 unspecified atom stereocenters. The van der Waals surface area contributed by atoms with Crippen LogP contribution in [0.1, 0.15) is 79.1 Å². The maximum atomic E-state index is 2.74. The highest BCUT2D eigenvalue weighted by atomic mass is 32.1. The van der Waals surface area contributed by atoms with E-state index in [1.165, 1.54) is 78.9 Å². The van der Waals surface area contributed by atoms with Crippen LogP contribution in [0.2, 0.25) is 0 Å². The smallest absolute Gasteiger partial charge is 0.0929 e. The molecule has 2 atom stereocenters. The first-order valence-electron chi connectivity index (χ1n) is 10.4. The Morgan fingerprint density at radius 3 is 1.96 bits per heavy atom. The summed E-state index contributed by atoms with van der Waals surface area (Å²) < 4.78 is 2.93. The molecule has 0 spiro atoms. The minimum Gasteiger partial charge on any atom is -0.363 e.